The van der Waals surface area contributed by atoms with Crippen molar-refractivity contribution in [3.63, 3.8) is 0 Å². The van der Waals surface area contributed by atoms with E-state index in [0.29, 0.717) is 25.1 Å². The van der Waals surface area contributed by atoms with Gasteiger partial charge < -0.3 is 10.1 Å². The largest absolute Gasteiger partial charge is 0.461 e. The molecule has 1 aliphatic carbocycles. The highest BCUT2D eigenvalue weighted by atomic mass is 16.5. The number of carbonyl (C=O) groups is 2. The predicted octanol–water partition coefficient (Wildman–Crippen LogP) is 1.21. The average molecular weight is 289 g/mol. The van der Waals surface area contributed by atoms with E-state index in [1.165, 1.54) is 5.57 Å². The van der Waals surface area contributed by atoms with Gasteiger partial charge in [-0.05, 0) is 32.3 Å². The van der Waals surface area contributed by atoms with E-state index in [4.69, 9.17) is 4.74 Å². The van der Waals surface area contributed by atoms with Crippen LogP contribution in [0.25, 0.3) is 6.08 Å². The lowest BCUT2D eigenvalue weighted by Crippen LogP contribution is -2.25. The van der Waals surface area contributed by atoms with Crippen molar-refractivity contribution < 1.29 is 14.3 Å². The molecule has 2 heterocycles. The van der Waals surface area contributed by atoms with Gasteiger partial charge in [-0.2, -0.15) is 5.10 Å². The zero-order valence-corrected chi connectivity index (χ0v) is 12.3. The molecule has 6 nitrogen and oxygen atoms in total. The van der Waals surface area contributed by atoms with E-state index in [0.717, 1.165) is 24.1 Å². The van der Waals surface area contributed by atoms with Gasteiger partial charge in [0.25, 0.3) is 0 Å². The molecule has 112 valence electrons. The van der Waals surface area contributed by atoms with Crippen molar-refractivity contribution in [1.82, 2.24) is 15.1 Å². The first-order valence-electron chi connectivity index (χ1n) is 7.30. The summed E-state index contributed by atoms with van der Waals surface area (Å²) >= 11 is 0. The van der Waals surface area contributed by atoms with Crippen molar-refractivity contribution in [3.8, 4) is 0 Å². The Bertz CT molecular complexity index is 630. The number of aryl methyl sites for hydroxylation is 1. The van der Waals surface area contributed by atoms with Crippen LogP contribution in [0, 0.1) is 0 Å². The molecule has 0 saturated carbocycles. The van der Waals surface area contributed by atoms with E-state index < -0.39 is 0 Å². The molecule has 3 rings (SSSR count). The summed E-state index contributed by atoms with van der Waals surface area (Å²) in [6.07, 6.45) is 5.12. The molecule has 1 fully saturated rings. The van der Waals surface area contributed by atoms with Crippen LogP contribution in [-0.2, 0) is 23.0 Å². The molecular weight excluding hydrogens is 270 g/mol. The molecule has 0 spiro atoms. The Labute approximate surface area is 123 Å². The molecule has 0 aromatic carbocycles. The fourth-order valence-corrected chi connectivity index (χ4v) is 3.05. The normalized spacial score (nSPS) is 20.2. The van der Waals surface area contributed by atoms with Gasteiger partial charge in [-0.3, -0.25) is 9.48 Å². The minimum Gasteiger partial charge on any atom is -0.461 e. The van der Waals surface area contributed by atoms with E-state index >= 15 is 0 Å². The van der Waals surface area contributed by atoms with Crippen LogP contribution in [0.5, 0.6) is 0 Å². The lowest BCUT2D eigenvalue weighted by molar-refractivity contribution is -0.119. The van der Waals surface area contributed by atoms with Gasteiger partial charge in [0, 0.05) is 25.1 Å². The number of esters is 1. The zero-order valence-electron chi connectivity index (χ0n) is 12.3. The summed E-state index contributed by atoms with van der Waals surface area (Å²) in [4.78, 5) is 23.2. The van der Waals surface area contributed by atoms with Crippen LogP contribution >= 0.6 is 0 Å². The second-order valence-electron chi connectivity index (χ2n) is 5.54. The molecule has 1 aromatic rings. The standard InChI is InChI=1S/C15H19N3O3/c1-3-21-15(20)14-11-7-9(8-12(11)18(2)17-14)6-10-4-5-13(19)16-10/h8,10H,3-7H2,1-2H3,(H,16,19)/t10-/m1/s1. The Hall–Kier alpha value is -2.11. The number of amides is 1. The topological polar surface area (TPSA) is 73.2 Å². The number of ether oxygens (including phenoxy) is 1. The van der Waals surface area contributed by atoms with Gasteiger partial charge in [-0.15, -0.1) is 0 Å². The summed E-state index contributed by atoms with van der Waals surface area (Å²) in [6, 6.07) is 0.220. The number of rotatable bonds is 4. The van der Waals surface area contributed by atoms with E-state index in [9.17, 15) is 9.59 Å². The highest BCUT2D eigenvalue weighted by molar-refractivity contribution is 5.91. The van der Waals surface area contributed by atoms with Gasteiger partial charge in [0.2, 0.25) is 5.91 Å². The highest BCUT2D eigenvalue weighted by Gasteiger charge is 2.29. The van der Waals surface area contributed by atoms with Crippen molar-refractivity contribution in [2.75, 3.05) is 6.61 Å². The maximum absolute atomic E-state index is 11.9. The molecule has 0 radical (unpaired) electrons. The first-order valence-corrected chi connectivity index (χ1v) is 7.30. The maximum Gasteiger partial charge on any atom is 0.359 e. The first-order chi connectivity index (χ1) is 10.1. The average Bonchev–Trinajstić information content (AvgIpc) is 3.09. The molecular formula is C15H19N3O3. The van der Waals surface area contributed by atoms with E-state index in [1.807, 2.05) is 7.05 Å². The maximum atomic E-state index is 11.9. The molecule has 0 unspecified atom stereocenters. The molecule has 2 aliphatic rings. The van der Waals surface area contributed by atoms with Crippen LogP contribution < -0.4 is 5.32 Å². The minimum absolute atomic E-state index is 0.130. The number of hydrogen-bond donors (Lipinski definition) is 1. The smallest absolute Gasteiger partial charge is 0.359 e. The lowest BCUT2D eigenvalue weighted by atomic mass is 10.0. The molecule has 1 aliphatic heterocycles. The quantitative estimate of drug-likeness (QED) is 0.845. The number of nitrogens with one attached hydrogen (secondary N) is 1. The second-order valence-corrected chi connectivity index (χ2v) is 5.54. The van der Waals surface area contributed by atoms with Gasteiger partial charge in [-0.1, -0.05) is 5.57 Å². The van der Waals surface area contributed by atoms with Gasteiger partial charge in [-0.25, -0.2) is 4.79 Å². The van der Waals surface area contributed by atoms with E-state index in [1.54, 1.807) is 11.6 Å². The van der Waals surface area contributed by atoms with Crippen LogP contribution in [0.4, 0.5) is 0 Å². The third kappa shape index (κ3) is 2.57. The summed E-state index contributed by atoms with van der Waals surface area (Å²) in [5, 5.41) is 7.24. The fourth-order valence-electron chi connectivity index (χ4n) is 3.05. The Balaban J connectivity index is 1.75. The van der Waals surface area contributed by atoms with Crippen molar-refractivity contribution in [1.29, 1.82) is 0 Å². The number of fused-ring (bicyclic) bond motifs is 1. The van der Waals surface area contributed by atoms with Gasteiger partial charge in [0.15, 0.2) is 5.69 Å². The van der Waals surface area contributed by atoms with Crippen LogP contribution in [0.15, 0.2) is 5.57 Å². The molecule has 6 heteroatoms. The van der Waals surface area contributed by atoms with Crippen molar-refractivity contribution in [2.45, 2.75) is 38.6 Å². The first kappa shape index (κ1) is 13.9. The van der Waals surface area contributed by atoms with Crippen molar-refractivity contribution in [2.24, 2.45) is 7.05 Å². The van der Waals surface area contributed by atoms with Crippen molar-refractivity contribution >= 4 is 18.0 Å². The summed E-state index contributed by atoms with van der Waals surface area (Å²) in [5.74, 6) is -0.233. The number of hydrogen-bond acceptors (Lipinski definition) is 4. The molecule has 1 saturated heterocycles. The predicted molar refractivity (Wildman–Crippen MR) is 76.6 cm³/mol. The third-order valence-electron chi connectivity index (χ3n) is 4.00. The molecule has 1 aromatic heterocycles. The number of carbonyl (C=O) groups excluding carboxylic acids is 2. The zero-order chi connectivity index (χ0) is 15.0. The Kier molecular flexibility index (Phi) is 3.53. The van der Waals surface area contributed by atoms with Crippen LogP contribution in [0.3, 0.4) is 0 Å². The van der Waals surface area contributed by atoms with E-state index in [-0.39, 0.29) is 17.9 Å². The van der Waals surface area contributed by atoms with Crippen LogP contribution in [0.2, 0.25) is 0 Å². The summed E-state index contributed by atoms with van der Waals surface area (Å²) in [6.45, 7) is 2.13. The summed E-state index contributed by atoms with van der Waals surface area (Å²) in [5.41, 5.74) is 3.56. The Morgan fingerprint density at radius 1 is 1.57 bits per heavy atom. The monoisotopic (exact) mass is 289 g/mol. The van der Waals surface area contributed by atoms with Crippen LogP contribution in [0.1, 0.15) is 47.9 Å². The second kappa shape index (κ2) is 5.35. The molecule has 21 heavy (non-hydrogen) atoms. The molecule has 0 bridgehead atoms. The molecule has 1 amide bonds. The number of nitrogens with zero attached hydrogens (tertiary/aromatic N) is 2. The minimum atomic E-state index is -0.363. The van der Waals surface area contributed by atoms with Gasteiger partial charge in [0.1, 0.15) is 0 Å². The van der Waals surface area contributed by atoms with Gasteiger partial charge >= 0.3 is 5.97 Å². The van der Waals surface area contributed by atoms with E-state index in [2.05, 4.69) is 16.5 Å². The lowest BCUT2D eigenvalue weighted by Gasteiger charge is -2.10. The Morgan fingerprint density at radius 2 is 2.38 bits per heavy atom. The number of aromatic nitrogens is 2. The SMILES string of the molecule is CCOC(=O)c1nn(C)c2c1CC(C[C@H]1CCC(=O)N1)=C2. The summed E-state index contributed by atoms with van der Waals surface area (Å²) < 4.78 is 6.78. The van der Waals surface area contributed by atoms with Crippen molar-refractivity contribution in [3.05, 3.63) is 22.5 Å². The van der Waals surface area contributed by atoms with Crippen LogP contribution in [-0.4, -0.2) is 34.3 Å². The third-order valence-corrected chi connectivity index (χ3v) is 4.00. The highest BCUT2D eigenvalue weighted by Crippen LogP contribution is 2.31. The fraction of sp³-hybridized carbons (Fsp3) is 0.533. The summed E-state index contributed by atoms with van der Waals surface area (Å²) in [7, 11) is 1.83. The van der Waals surface area contributed by atoms with Gasteiger partial charge in [0.05, 0.1) is 12.3 Å². The molecule has 1 N–H and O–H groups in total. The molecule has 1 atom stereocenters. The Morgan fingerprint density at radius 3 is 3.05 bits per heavy atom.